The average Bonchev–Trinajstić information content (AvgIpc) is 2.65. The molecular weight excluding hydrogens is 358 g/mol. The second kappa shape index (κ2) is 10.8. The summed E-state index contributed by atoms with van der Waals surface area (Å²) in [6, 6.07) is 10.2. The first-order chi connectivity index (χ1) is 13.0. The van der Waals surface area contributed by atoms with Gasteiger partial charge in [0.2, 0.25) is 10.0 Å². The summed E-state index contributed by atoms with van der Waals surface area (Å²) in [6.07, 6.45) is 12.1. The van der Waals surface area contributed by atoms with Gasteiger partial charge in [0.25, 0.3) is 0 Å². The second-order valence-electron chi connectivity index (χ2n) is 6.28. The molecule has 0 saturated heterocycles. The molecule has 0 saturated carbocycles. The van der Waals surface area contributed by atoms with Crippen LogP contribution in [-0.2, 0) is 16.4 Å². The van der Waals surface area contributed by atoms with Crippen molar-refractivity contribution < 1.29 is 8.42 Å². The zero-order valence-corrected chi connectivity index (χ0v) is 16.5. The summed E-state index contributed by atoms with van der Waals surface area (Å²) in [5.74, 6) is 0. The normalized spacial score (nSPS) is 17.6. The number of aliphatic imine (C=N–C) groups is 1. The van der Waals surface area contributed by atoms with Crippen LogP contribution in [0.2, 0.25) is 0 Å². The van der Waals surface area contributed by atoms with Gasteiger partial charge in [0.05, 0.1) is 5.70 Å². The Balaban J connectivity index is 1.88. The average molecular weight is 386 g/mol. The summed E-state index contributed by atoms with van der Waals surface area (Å²) in [6.45, 7) is 5.58. The van der Waals surface area contributed by atoms with E-state index in [2.05, 4.69) is 33.3 Å². The molecule has 0 fully saturated rings. The van der Waals surface area contributed by atoms with Crippen molar-refractivity contribution in [2.24, 2.45) is 4.99 Å². The van der Waals surface area contributed by atoms with E-state index in [1.165, 1.54) is 5.56 Å². The van der Waals surface area contributed by atoms with Gasteiger partial charge in [-0.25, -0.2) is 13.1 Å². The van der Waals surface area contributed by atoms with Crippen molar-refractivity contribution in [3.05, 3.63) is 83.5 Å². The molecule has 0 aliphatic carbocycles. The minimum Gasteiger partial charge on any atom is -0.305 e. The number of nitrogens with one attached hydrogen (secondary N) is 1. The molecule has 6 heteroatoms. The standard InChI is InChI=1S/C21H27N3O2S/c1-19-21(13-9-4-3-5-10-15-22-19)27(25,26)23-16-18-24(2)17-14-20-11-7-6-8-12-20/h4-13,15,23H,1,3,14,16-18H2,2H3/b9-4-,10-5-,21-13?,22-15?. The lowest BCUT2D eigenvalue weighted by atomic mass is 10.1. The van der Waals surface area contributed by atoms with E-state index in [9.17, 15) is 8.42 Å². The molecule has 5 nitrogen and oxygen atoms in total. The molecule has 0 radical (unpaired) electrons. The highest BCUT2D eigenvalue weighted by Crippen LogP contribution is 2.16. The van der Waals surface area contributed by atoms with Crippen molar-refractivity contribution in [1.29, 1.82) is 0 Å². The Bertz CT molecular complexity index is 837. The molecule has 1 N–H and O–H groups in total. The number of sulfonamides is 1. The molecule has 2 rings (SSSR count). The number of benzene rings is 1. The van der Waals surface area contributed by atoms with Gasteiger partial charge in [0, 0.05) is 25.8 Å². The van der Waals surface area contributed by atoms with E-state index in [1.54, 1.807) is 24.4 Å². The lowest BCUT2D eigenvalue weighted by molar-refractivity contribution is 0.343. The molecule has 1 aliphatic heterocycles. The predicted molar refractivity (Wildman–Crippen MR) is 113 cm³/mol. The Kier molecular flexibility index (Phi) is 8.39. The summed E-state index contributed by atoms with van der Waals surface area (Å²) in [4.78, 5) is 6.30. The molecule has 0 amide bonds. The van der Waals surface area contributed by atoms with Crippen LogP contribution in [0.1, 0.15) is 12.0 Å². The van der Waals surface area contributed by atoms with E-state index in [-0.39, 0.29) is 10.6 Å². The van der Waals surface area contributed by atoms with Gasteiger partial charge >= 0.3 is 0 Å². The first kappa shape index (κ1) is 21.0. The fraction of sp³-hybridized carbons (Fsp3) is 0.286. The first-order valence-electron chi connectivity index (χ1n) is 8.96. The Morgan fingerprint density at radius 3 is 2.67 bits per heavy atom. The summed E-state index contributed by atoms with van der Waals surface area (Å²) < 4.78 is 27.9. The zero-order valence-electron chi connectivity index (χ0n) is 15.7. The van der Waals surface area contributed by atoms with E-state index in [0.29, 0.717) is 13.1 Å². The second-order valence-corrected chi connectivity index (χ2v) is 8.02. The highest BCUT2D eigenvalue weighted by atomic mass is 32.2. The van der Waals surface area contributed by atoms with Crippen LogP contribution in [0.15, 0.2) is 82.9 Å². The van der Waals surface area contributed by atoms with Gasteiger partial charge in [0.15, 0.2) is 0 Å². The van der Waals surface area contributed by atoms with Crippen molar-refractivity contribution in [1.82, 2.24) is 9.62 Å². The first-order valence-corrected chi connectivity index (χ1v) is 10.4. The molecule has 144 valence electrons. The largest absolute Gasteiger partial charge is 0.305 e. The van der Waals surface area contributed by atoms with E-state index in [0.717, 1.165) is 19.4 Å². The summed E-state index contributed by atoms with van der Waals surface area (Å²) >= 11 is 0. The summed E-state index contributed by atoms with van der Waals surface area (Å²) in [5.41, 5.74) is 1.49. The Morgan fingerprint density at radius 2 is 1.89 bits per heavy atom. The molecule has 0 aromatic heterocycles. The smallest absolute Gasteiger partial charge is 0.242 e. The third kappa shape index (κ3) is 7.46. The molecule has 1 aliphatic rings. The Morgan fingerprint density at radius 1 is 1.15 bits per heavy atom. The number of nitrogens with zero attached hydrogens (tertiary/aromatic N) is 2. The van der Waals surface area contributed by atoms with E-state index < -0.39 is 10.0 Å². The fourth-order valence-electron chi connectivity index (χ4n) is 2.51. The van der Waals surface area contributed by atoms with Crippen LogP contribution < -0.4 is 4.72 Å². The maximum Gasteiger partial charge on any atom is 0.242 e. The van der Waals surface area contributed by atoms with Gasteiger partial charge in [0.1, 0.15) is 4.91 Å². The molecule has 1 heterocycles. The number of hydrogen-bond acceptors (Lipinski definition) is 4. The van der Waals surface area contributed by atoms with E-state index in [1.807, 2.05) is 37.4 Å². The van der Waals surface area contributed by atoms with Crippen LogP contribution in [-0.4, -0.2) is 46.2 Å². The molecule has 0 atom stereocenters. The summed E-state index contributed by atoms with van der Waals surface area (Å²) in [7, 11) is -1.68. The number of allylic oxidation sites excluding steroid dienone is 5. The van der Waals surface area contributed by atoms with Crippen molar-refractivity contribution >= 4 is 16.2 Å². The Hall–Kier alpha value is -2.28. The van der Waals surface area contributed by atoms with Crippen molar-refractivity contribution in [2.75, 3.05) is 26.7 Å². The van der Waals surface area contributed by atoms with Gasteiger partial charge in [-0.2, -0.15) is 0 Å². The van der Waals surface area contributed by atoms with Crippen LogP contribution in [0.25, 0.3) is 0 Å². The lowest BCUT2D eigenvalue weighted by Crippen LogP contribution is -2.34. The molecule has 0 unspecified atom stereocenters. The fourth-order valence-corrected chi connectivity index (χ4v) is 3.65. The number of likely N-dealkylation sites (N-methyl/N-ethyl adjacent to an activating group) is 1. The van der Waals surface area contributed by atoms with Gasteiger partial charge in [-0.3, -0.25) is 4.99 Å². The third-order valence-electron chi connectivity index (χ3n) is 4.09. The number of hydrogen-bond donors (Lipinski definition) is 1. The van der Waals surface area contributed by atoms with Crippen molar-refractivity contribution in [3.63, 3.8) is 0 Å². The molecule has 1 aromatic carbocycles. The van der Waals surface area contributed by atoms with Gasteiger partial charge < -0.3 is 4.90 Å². The molecule has 1 aromatic rings. The monoisotopic (exact) mass is 385 g/mol. The molecular formula is C21H27N3O2S. The predicted octanol–water partition coefficient (Wildman–Crippen LogP) is 3.06. The molecule has 0 spiro atoms. The number of rotatable bonds is 8. The minimum absolute atomic E-state index is 0.0947. The third-order valence-corrected chi connectivity index (χ3v) is 5.63. The van der Waals surface area contributed by atoms with Crippen molar-refractivity contribution in [3.8, 4) is 0 Å². The topological polar surface area (TPSA) is 61.8 Å². The highest BCUT2D eigenvalue weighted by molar-refractivity contribution is 7.93. The van der Waals surface area contributed by atoms with E-state index >= 15 is 0 Å². The SMILES string of the molecule is C=C1N=C/C=C\C/C=C\C=C1S(=O)(=O)NCCN(C)CCc1ccccc1. The highest BCUT2D eigenvalue weighted by Gasteiger charge is 2.19. The van der Waals surface area contributed by atoms with E-state index in [4.69, 9.17) is 0 Å². The lowest BCUT2D eigenvalue weighted by Gasteiger charge is -2.17. The quantitative estimate of drug-likeness (QED) is 0.748. The van der Waals surface area contributed by atoms with Crippen LogP contribution >= 0.6 is 0 Å². The maximum absolute atomic E-state index is 12.6. The molecule has 0 bridgehead atoms. The van der Waals surface area contributed by atoms with Crippen LogP contribution in [0, 0.1) is 0 Å². The maximum atomic E-state index is 12.6. The van der Waals surface area contributed by atoms with Crippen LogP contribution in [0.5, 0.6) is 0 Å². The zero-order chi connectivity index (χ0) is 19.5. The molecule has 27 heavy (non-hydrogen) atoms. The van der Waals surface area contributed by atoms with Gasteiger partial charge in [-0.1, -0.05) is 55.1 Å². The minimum atomic E-state index is -3.67. The van der Waals surface area contributed by atoms with Crippen LogP contribution in [0.4, 0.5) is 0 Å². The summed E-state index contributed by atoms with van der Waals surface area (Å²) in [5, 5.41) is 0. The van der Waals surface area contributed by atoms with Gasteiger partial charge in [-0.05, 0) is 37.6 Å². The van der Waals surface area contributed by atoms with Crippen molar-refractivity contribution in [2.45, 2.75) is 12.8 Å². The Labute approximate surface area is 162 Å². The van der Waals surface area contributed by atoms with Crippen LogP contribution in [0.3, 0.4) is 0 Å². The van der Waals surface area contributed by atoms with Gasteiger partial charge in [-0.15, -0.1) is 0 Å².